The minimum Gasteiger partial charge on any atom is -0.508 e. The summed E-state index contributed by atoms with van der Waals surface area (Å²) < 4.78 is 5.35. The number of H-pyrrole nitrogens is 1. The fourth-order valence-corrected chi connectivity index (χ4v) is 2.11. The quantitative estimate of drug-likeness (QED) is 0.807. The molecule has 0 aliphatic heterocycles. The Hall–Kier alpha value is -2.50. The van der Waals surface area contributed by atoms with Crippen molar-refractivity contribution in [2.45, 2.75) is 26.2 Å². The van der Waals surface area contributed by atoms with Gasteiger partial charge < -0.3 is 14.9 Å². The van der Waals surface area contributed by atoms with E-state index in [1.54, 1.807) is 12.1 Å². The second-order valence-corrected chi connectivity index (χ2v) is 5.79. The van der Waals surface area contributed by atoms with Crippen LogP contribution in [0.3, 0.4) is 0 Å². The summed E-state index contributed by atoms with van der Waals surface area (Å²) in [5.41, 5.74) is 1.42. The van der Waals surface area contributed by atoms with Gasteiger partial charge in [-0.15, -0.1) is 0 Å². The van der Waals surface area contributed by atoms with Crippen molar-refractivity contribution in [3.05, 3.63) is 29.5 Å². The second kappa shape index (κ2) is 5.12. The van der Waals surface area contributed by atoms with Crippen molar-refractivity contribution in [1.82, 2.24) is 10.2 Å². The Balaban J connectivity index is 2.58. The molecule has 6 heteroatoms. The molecule has 112 valence electrons. The Morgan fingerprint density at radius 1 is 1.29 bits per heavy atom. The van der Waals surface area contributed by atoms with Gasteiger partial charge in [-0.2, -0.15) is 5.10 Å². The molecule has 6 nitrogen and oxygen atoms in total. The number of carboxylic acid groups (broad SMARTS) is 1. The number of hydrogen-bond donors (Lipinski definition) is 3. The molecule has 1 aromatic heterocycles. The number of nitrogens with one attached hydrogen (secondary N) is 1. The summed E-state index contributed by atoms with van der Waals surface area (Å²) in [6, 6.07) is 4.69. The molecule has 0 atom stereocenters. The first kappa shape index (κ1) is 14.9. The van der Waals surface area contributed by atoms with Crippen LogP contribution in [0.5, 0.6) is 11.5 Å². The number of carboxylic acids is 1. The molecule has 0 fully saturated rings. The van der Waals surface area contributed by atoms with Crippen molar-refractivity contribution in [2.75, 3.05) is 7.11 Å². The zero-order valence-electron chi connectivity index (χ0n) is 12.4. The van der Waals surface area contributed by atoms with E-state index >= 15 is 0 Å². The molecule has 0 aliphatic carbocycles. The predicted octanol–water partition coefficient (Wildman–Crippen LogP) is 2.79. The van der Waals surface area contributed by atoms with Gasteiger partial charge in [-0.05, 0) is 23.6 Å². The van der Waals surface area contributed by atoms with Crippen LogP contribution >= 0.6 is 0 Å². The van der Waals surface area contributed by atoms with E-state index in [1.807, 2.05) is 20.8 Å². The number of rotatable bonds is 3. The van der Waals surface area contributed by atoms with Crippen LogP contribution in [0.1, 0.15) is 36.8 Å². The number of phenolic OH excluding ortho intramolecular Hbond substituents is 1. The SMILES string of the molecule is COc1cc(C(C)(C)C)c(O)cc1-c1cc(C(=O)O)[nH]n1. The van der Waals surface area contributed by atoms with Crippen molar-refractivity contribution in [1.29, 1.82) is 0 Å². The first-order chi connectivity index (χ1) is 9.74. The predicted molar refractivity (Wildman–Crippen MR) is 77.9 cm³/mol. The highest BCUT2D eigenvalue weighted by Gasteiger charge is 2.22. The molecule has 3 N–H and O–H groups in total. The standard InChI is InChI=1S/C15H18N2O4/c1-15(2,3)9-6-13(21-4)8(5-12(9)18)10-7-11(14(19)20)17-16-10/h5-7,18H,1-4H3,(H,16,17)(H,19,20). The van der Waals surface area contributed by atoms with Crippen molar-refractivity contribution in [3.63, 3.8) is 0 Å². The van der Waals surface area contributed by atoms with E-state index in [0.29, 0.717) is 17.0 Å². The minimum atomic E-state index is -1.09. The van der Waals surface area contributed by atoms with Gasteiger partial charge in [0, 0.05) is 11.1 Å². The molecular formula is C15H18N2O4. The highest BCUT2D eigenvalue weighted by molar-refractivity contribution is 5.87. The van der Waals surface area contributed by atoms with Crippen LogP contribution in [0.4, 0.5) is 0 Å². The van der Waals surface area contributed by atoms with Gasteiger partial charge >= 0.3 is 5.97 Å². The Bertz CT molecular complexity index is 683. The molecule has 0 aliphatic rings. The van der Waals surface area contributed by atoms with Crippen LogP contribution in [0, 0.1) is 0 Å². The molecule has 0 saturated heterocycles. The number of carbonyl (C=O) groups is 1. The zero-order valence-corrected chi connectivity index (χ0v) is 12.4. The lowest BCUT2D eigenvalue weighted by atomic mass is 9.85. The summed E-state index contributed by atoms with van der Waals surface area (Å²) in [5.74, 6) is -0.442. The van der Waals surface area contributed by atoms with E-state index in [2.05, 4.69) is 10.2 Å². The van der Waals surface area contributed by atoms with Gasteiger partial charge in [0.05, 0.1) is 12.8 Å². The zero-order chi connectivity index (χ0) is 15.8. The summed E-state index contributed by atoms with van der Waals surface area (Å²) in [5, 5.41) is 25.5. The number of hydrogen-bond acceptors (Lipinski definition) is 4. The van der Waals surface area contributed by atoms with Crippen molar-refractivity contribution < 1.29 is 19.7 Å². The maximum atomic E-state index is 10.9. The van der Waals surface area contributed by atoms with Crippen molar-refractivity contribution in [2.24, 2.45) is 0 Å². The molecule has 0 unspecified atom stereocenters. The fraction of sp³-hybridized carbons (Fsp3) is 0.333. The second-order valence-electron chi connectivity index (χ2n) is 5.79. The van der Waals surface area contributed by atoms with Gasteiger partial charge in [0.15, 0.2) is 0 Å². The Morgan fingerprint density at radius 2 is 1.95 bits per heavy atom. The molecule has 0 bridgehead atoms. The van der Waals surface area contributed by atoms with Crippen LogP contribution in [0.15, 0.2) is 18.2 Å². The highest BCUT2D eigenvalue weighted by Crippen LogP contribution is 2.39. The van der Waals surface area contributed by atoms with Gasteiger partial charge in [0.1, 0.15) is 17.2 Å². The fourth-order valence-electron chi connectivity index (χ4n) is 2.11. The third kappa shape index (κ3) is 2.84. The van der Waals surface area contributed by atoms with E-state index < -0.39 is 5.97 Å². The van der Waals surface area contributed by atoms with Gasteiger partial charge in [-0.25, -0.2) is 4.79 Å². The number of benzene rings is 1. The minimum absolute atomic E-state index is 0.0218. The molecule has 2 aromatic rings. The number of aromatic carboxylic acids is 1. The number of phenols is 1. The number of aromatic hydroxyl groups is 1. The lowest BCUT2D eigenvalue weighted by Gasteiger charge is -2.22. The van der Waals surface area contributed by atoms with Crippen molar-refractivity contribution in [3.8, 4) is 22.8 Å². The van der Waals surface area contributed by atoms with E-state index in [-0.39, 0.29) is 16.9 Å². The Kier molecular flexibility index (Phi) is 3.63. The summed E-state index contributed by atoms with van der Waals surface area (Å²) in [6.45, 7) is 5.95. The van der Waals surface area contributed by atoms with Crippen LogP contribution in [0.2, 0.25) is 0 Å². The first-order valence-corrected chi connectivity index (χ1v) is 6.44. The monoisotopic (exact) mass is 290 g/mol. The number of methoxy groups -OCH3 is 1. The largest absolute Gasteiger partial charge is 0.508 e. The summed E-state index contributed by atoms with van der Waals surface area (Å²) >= 11 is 0. The molecule has 0 saturated carbocycles. The van der Waals surface area contributed by atoms with Gasteiger partial charge in [-0.1, -0.05) is 20.8 Å². The van der Waals surface area contributed by atoms with Crippen LogP contribution in [-0.4, -0.2) is 33.5 Å². The molecule has 1 aromatic carbocycles. The summed E-state index contributed by atoms with van der Waals surface area (Å²) in [7, 11) is 1.52. The first-order valence-electron chi connectivity index (χ1n) is 6.44. The normalized spacial score (nSPS) is 11.4. The van der Waals surface area contributed by atoms with E-state index in [4.69, 9.17) is 9.84 Å². The third-order valence-corrected chi connectivity index (χ3v) is 3.21. The maximum Gasteiger partial charge on any atom is 0.353 e. The van der Waals surface area contributed by atoms with E-state index in [0.717, 1.165) is 5.56 Å². The number of ether oxygens (including phenoxy) is 1. The highest BCUT2D eigenvalue weighted by atomic mass is 16.5. The van der Waals surface area contributed by atoms with Gasteiger partial charge in [0.25, 0.3) is 0 Å². The van der Waals surface area contributed by atoms with Gasteiger partial charge in [-0.3, -0.25) is 5.10 Å². The average molecular weight is 290 g/mol. The van der Waals surface area contributed by atoms with Crippen LogP contribution in [-0.2, 0) is 5.41 Å². The molecule has 0 radical (unpaired) electrons. The van der Waals surface area contributed by atoms with E-state index in [1.165, 1.54) is 13.2 Å². The summed E-state index contributed by atoms with van der Waals surface area (Å²) in [4.78, 5) is 10.9. The van der Waals surface area contributed by atoms with Crippen molar-refractivity contribution >= 4 is 5.97 Å². The Labute approximate surface area is 122 Å². The lowest BCUT2D eigenvalue weighted by Crippen LogP contribution is -2.11. The van der Waals surface area contributed by atoms with Crippen LogP contribution in [0.25, 0.3) is 11.3 Å². The topological polar surface area (TPSA) is 95.4 Å². The molecule has 0 amide bonds. The average Bonchev–Trinajstić information content (AvgIpc) is 2.86. The van der Waals surface area contributed by atoms with E-state index in [9.17, 15) is 9.90 Å². The lowest BCUT2D eigenvalue weighted by molar-refractivity contribution is 0.0690. The Morgan fingerprint density at radius 3 is 2.43 bits per heavy atom. The van der Waals surface area contributed by atoms with Crippen LogP contribution < -0.4 is 4.74 Å². The molecular weight excluding hydrogens is 272 g/mol. The summed E-state index contributed by atoms with van der Waals surface area (Å²) in [6.07, 6.45) is 0. The smallest absolute Gasteiger partial charge is 0.353 e. The molecule has 0 spiro atoms. The number of nitrogens with zero attached hydrogens (tertiary/aromatic N) is 1. The molecule has 21 heavy (non-hydrogen) atoms. The molecule has 2 rings (SSSR count). The third-order valence-electron chi connectivity index (χ3n) is 3.21. The molecule has 1 heterocycles. The number of aromatic nitrogens is 2. The van der Waals surface area contributed by atoms with Gasteiger partial charge in [0.2, 0.25) is 0 Å². The number of aromatic amines is 1. The maximum absolute atomic E-state index is 10.9.